The Bertz CT molecular complexity index is 1150. The standard InChI is InChI=1S/C22H24N4O2S/c27-20(23-18-9-3-1-7-16(18)15-25-12-5-6-13-25)11-14-26-21(28)17-8-2-4-10-19(17)24-22(26)29/h1-4,7-10H,5-6,11-15H2,(H,23,27)(H,24,29). The first-order valence-electron chi connectivity index (χ1n) is 9.94. The number of fused-ring (bicyclic) bond motifs is 1. The molecule has 2 heterocycles. The van der Waals surface area contributed by atoms with Gasteiger partial charge in [-0.1, -0.05) is 30.3 Å². The second kappa shape index (κ2) is 8.71. The summed E-state index contributed by atoms with van der Waals surface area (Å²) < 4.78 is 1.78. The predicted molar refractivity (Wildman–Crippen MR) is 118 cm³/mol. The number of benzene rings is 2. The number of H-pyrrole nitrogens is 1. The molecule has 0 aliphatic carbocycles. The molecule has 2 N–H and O–H groups in total. The Balaban J connectivity index is 1.46. The third-order valence-electron chi connectivity index (χ3n) is 5.34. The number of carbonyl (C=O) groups excluding carboxylic acids is 1. The van der Waals surface area contributed by atoms with Gasteiger partial charge in [0.1, 0.15) is 0 Å². The second-order valence-electron chi connectivity index (χ2n) is 7.37. The molecule has 1 amide bonds. The fraction of sp³-hybridized carbons (Fsp3) is 0.318. The molecule has 3 aromatic rings. The molecule has 0 bridgehead atoms. The number of nitrogens with zero attached hydrogens (tertiary/aromatic N) is 2. The van der Waals surface area contributed by atoms with Crippen LogP contribution in [0.2, 0.25) is 0 Å². The lowest BCUT2D eigenvalue weighted by molar-refractivity contribution is -0.116. The molecular weight excluding hydrogens is 384 g/mol. The summed E-state index contributed by atoms with van der Waals surface area (Å²) in [6.07, 6.45) is 2.64. The Morgan fingerprint density at radius 1 is 1.07 bits per heavy atom. The summed E-state index contributed by atoms with van der Waals surface area (Å²) >= 11 is 5.32. The van der Waals surface area contributed by atoms with Crippen molar-refractivity contribution in [1.29, 1.82) is 0 Å². The van der Waals surface area contributed by atoms with Gasteiger partial charge in [0.05, 0.1) is 10.9 Å². The molecule has 0 atom stereocenters. The summed E-state index contributed by atoms with van der Waals surface area (Å²) in [7, 11) is 0. The summed E-state index contributed by atoms with van der Waals surface area (Å²) in [6.45, 7) is 3.28. The van der Waals surface area contributed by atoms with Crippen molar-refractivity contribution in [2.75, 3.05) is 18.4 Å². The zero-order valence-corrected chi connectivity index (χ0v) is 17.0. The van der Waals surface area contributed by atoms with Crippen LogP contribution in [0.4, 0.5) is 5.69 Å². The number of hydrogen-bond acceptors (Lipinski definition) is 4. The molecule has 1 saturated heterocycles. The van der Waals surface area contributed by atoms with E-state index in [9.17, 15) is 9.59 Å². The molecule has 0 saturated carbocycles. The highest BCUT2D eigenvalue weighted by atomic mass is 32.1. The molecule has 1 aliphatic heterocycles. The first kappa shape index (κ1) is 19.5. The second-order valence-corrected chi connectivity index (χ2v) is 7.76. The lowest BCUT2D eigenvalue weighted by Gasteiger charge is -2.18. The number of aromatic nitrogens is 2. The van der Waals surface area contributed by atoms with Crippen LogP contribution in [0.5, 0.6) is 0 Å². The maximum atomic E-state index is 12.7. The van der Waals surface area contributed by atoms with Gasteiger partial charge < -0.3 is 10.3 Å². The van der Waals surface area contributed by atoms with E-state index in [1.54, 1.807) is 6.07 Å². The predicted octanol–water partition coefficient (Wildman–Crippen LogP) is 3.68. The van der Waals surface area contributed by atoms with E-state index in [1.165, 1.54) is 17.4 Å². The van der Waals surface area contributed by atoms with E-state index in [-0.39, 0.29) is 24.4 Å². The fourth-order valence-electron chi connectivity index (χ4n) is 3.79. The average Bonchev–Trinajstić information content (AvgIpc) is 3.22. The van der Waals surface area contributed by atoms with Crippen LogP contribution in [-0.4, -0.2) is 33.4 Å². The Labute approximate surface area is 174 Å². The van der Waals surface area contributed by atoms with E-state index in [4.69, 9.17) is 12.2 Å². The molecule has 0 unspecified atom stereocenters. The van der Waals surface area contributed by atoms with E-state index >= 15 is 0 Å². The van der Waals surface area contributed by atoms with Gasteiger partial charge in [-0.15, -0.1) is 0 Å². The van der Waals surface area contributed by atoms with Crippen molar-refractivity contribution in [3.8, 4) is 0 Å². The highest BCUT2D eigenvalue weighted by Gasteiger charge is 2.15. The van der Waals surface area contributed by atoms with Gasteiger partial charge in [-0.2, -0.15) is 0 Å². The topological polar surface area (TPSA) is 70.1 Å². The van der Waals surface area contributed by atoms with Crippen LogP contribution in [0.3, 0.4) is 0 Å². The highest BCUT2D eigenvalue weighted by molar-refractivity contribution is 7.71. The van der Waals surface area contributed by atoms with Crippen molar-refractivity contribution >= 4 is 34.7 Å². The third kappa shape index (κ3) is 4.46. The smallest absolute Gasteiger partial charge is 0.262 e. The summed E-state index contributed by atoms with van der Waals surface area (Å²) in [6, 6.07) is 15.1. The van der Waals surface area contributed by atoms with Gasteiger partial charge in [0.25, 0.3) is 5.56 Å². The number of nitrogens with one attached hydrogen (secondary N) is 2. The highest BCUT2D eigenvalue weighted by Crippen LogP contribution is 2.20. The van der Waals surface area contributed by atoms with Gasteiger partial charge in [-0.25, -0.2) is 0 Å². The van der Waals surface area contributed by atoms with E-state index in [2.05, 4.69) is 21.3 Å². The molecule has 0 radical (unpaired) electrons. The maximum absolute atomic E-state index is 12.7. The summed E-state index contributed by atoms with van der Waals surface area (Å²) in [5.41, 5.74) is 2.48. The van der Waals surface area contributed by atoms with Gasteiger partial charge in [-0.05, 0) is 61.9 Å². The van der Waals surface area contributed by atoms with E-state index in [0.29, 0.717) is 15.7 Å². The Morgan fingerprint density at radius 2 is 1.79 bits per heavy atom. The molecule has 7 heteroatoms. The Hall–Kier alpha value is -2.77. The van der Waals surface area contributed by atoms with Crippen LogP contribution in [-0.2, 0) is 17.9 Å². The van der Waals surface area contributed by atoms with E-state index < -0.39 is 0 Å². The lowest BCUT2D eigenvalue weighted by Crippen LogP contribution is -2.25. The van der Waals surface area contributed by atoms with Crippen molar-refractivity contribution < 1.29 is 4.79 Å². The van der Waals surface area contributed by atoms with Gasteiger partial charge in [-0.3, -0.25) is 19.1 Å². The Kier molecular flexibility index (Phi) is 5.87. The SMILES string of the molecule is O=C(CCn1c(=S)[nH]c2ccccc2c1=O)Nc1ccccc1CN1CCCC1. The van der Waals surface area contributed by atoms with Crippen LogP contribution in [0.15, 0.2) is 53.3 Å². The van der Waals surface area contributed by atoms with Gasteiger partial charge in [0, 0.05) is 25.2 Å². The number of amides is 1. The van der Waals surface area contributed by atoms with Crippen LogP contribution in [0.25, 0.3) is 10.9 Å². The minimum Gasteiger partial charge on any atom is -0.332 e. The number of rotatable bonds is 6. The van der Waals surface area contributed by atoms with Crippen molar-refractivity contribution in [2.45, 2.75) is 32.4 Å². The normalized spacial score (nSPS) is 14.3. The minimum absolute atomic E-state index is 0.131. The average molecular weight is 409 g/mol. The van der Waals surface area contributed by atoms with Gasteiger partial charge in [0.15, 0.2) is 4.77 Å². The van der Waals surface area contributed by atoms with E-state index in [0.717, 1.165) is 30.9 Å². The summed E-state index contributed by atoms with van der Waals surface area (Å²) in [4.78, 5) is 30.7. The number of likely N-dealkylation sites (tertiary alicyclic amines) is 1. The molecule has 150 valence electrons. The molecular formula is C22H24N4O2S. The van der Waals surface area contributed by atoms with Crippen molar-refractivity contribution in [2.24, 2.45) is 0 Å². The maximum Gasteiger partial charge on any atom is 0.262 e. The number of anilines is 1. The quantitative estimate of drug-likeness (QED) is 0.611. The first-order valence-corrected chi connectivity index (χ1v) is 10.3. The molecule has 4 rings (SSSR count). The molecule has 6 nitrogen and oxygen atoms in total. The van der Waals surface area contributed by atoms with E-state index in [1.807, 2.05) is 36.4 Å². The molecule has 1 fully saturated rings. The minimum atomic E-state index is -0.174. The van der Waals surface area contributed by atoms with Crippen LogP contribution in [0.1, 0.15) is 24.8 Å². The number of hydrogen-bond donors (Lipinski definition) is 2. The first-order chi connectivity index (χ1) is 14.1. The molecule has 2 aromatic carbocycles. The van der Waals surface area contributed by atoms with Gasteiger partial charge in [0.2, 0.25) is 5.91 Å². The number of carbonyl (C=O) groups is 1. The monoisotopic (exact) mass is 408 g/mol. The largest absolute Gasteiger partial charge is 0.332 e. The third-order valence-corrected chi connectivity index (χ3v) is 5.66. The fourth-order valence-corrected chi connectivity index (χ4v) is 4.07. The van der Waals surface area contributed by atoms with Crippen LogP contribution < -0.4 is 10.9 Å². The molecule has 0 spiro atoms. The van der Waals surface area contributed by atoms with Crippen molar-refractivity contribution in [1.82, 2.24) is 14.5 Å². The van der Waals surface area contributed by atoms with Crippen molar-refractivity contribution in [3.05, 3.63) is 69.2 Å². The Morgan fingerprint density at radius 3 is 2.62 bits per heavy atom. The number of para-hydroxylation sites is 2. The summed E-state index contributed by atoms with van der Waals surface area (Å²) in [5, 5.41) is 3.57. The molecule has 1 aromatic heterocycles. The van der Waals surface area contributed by atoms with Crippen LogP contribution in [0, 0.1) is 4.77 Å². The molecule has 29 heavy (non-hydrogen) atoms. The van der Waals surface area contributed by atoms with Crippen LogP contribution >= 0.6 is 12.2 Å². The van der Waals surface area contributed by atoms with Crippen molar-refractivity contribution in [3.63, 3.8) is 0 Å². The molecule has 1 aliphatic rings. The number of aromatic amines is 1. The lowest BCUT2D eigenvalue weighted by atomic mass is 10.1. The van der Waals surface area contributed by atoms with Gasteiger partial charge >= 0.3 is 0 Å². The zero-order chi connectivity index (χ0) is 20.2. The summed E-state index contributed by atoms with van der Waals surface area (Å²) in [5.74, 6) is -0.131. The zero-order valence-electron chi connectivity index (χ0n) is 16.2.